The molecule has 0 aromatic carbocycles. The molecular weight excluding hydrogens is 198 g/mol. The van der Waals surface area contributed by atoms with E-state index in [1.54, 1.807) is 7.11 Å². The van der Waals surface area contributed by atoms with Crippen molar-refractivity contribution in [3.05, 3.63) is 0 Å². The summed E-state index contributed by atoms with van der Waals surface area (Å²) in [6, 6.07) is 0. The number of ether oxygens (including phenoxy) is 2. The van der Waals surface area contributed by atoms with Gasteiger partial charge < -0.3 is 14.6 Å². The SMILES string of the molecule is COCCN(CC(=O)O)CC1CCOC1. The zero-order valence-corrected chi connectivity index (χ0v) is 9.15. The van der Waals surface area contributed by atoms with Crippen LogP contribution in [0.4, 0.5) is 0 Å². The molecule has 0 amide bonds. The van der Waals surface area contributed by atoms with Crippen molar-refractivity contribution in [1.29, 1.82) is 0 Å². The molecule has 1 aliphatic heterocycles. The Morgan fingerprint density at radius 2 is 2.47 bits per heavy atom. The topological polar surface area (TPSA) is 59.0 Å². The van der Waals surface area contributed by atoms with Gasteiger partial charge in [-0.15, -0.1) is 0 Å². The molecule has 1 N–H and O–H groups in total. The van der Waals surface area contributed by atoms with Gasteiger partial charge in [0.25, 0.3) is 0 Å². The predicted molar refractivity (Wildman–Crippen MR) is 54.9 cm³/mol. The smallest absolute Gasteiger partial charge is 0.317 e. The third kappa shape index (κ3) is 5.11. The average Bonchev–Trinajstić information content (AvgIpc) is 2.66. The lowest BCUT2D eigenvalue weighted by molar-refractivity contribution is -0.138. The molecule has 1 saturated heterocycles. The maximum absolute atomic E-state index is 10.6. The molecule has 0 aliphatic carbocycles. The number of aliphatic carboxylic acids is 1. The van der Waals surface area contributed by atoms with Crippen molar-refractivity contribution in [3.8, 4) is 0 Å². The Kier molecular flexibility index (Phi) is 5.60. The molecule has 1 unspecified atom stereocenters. The monoisotopic (exact) mass is 217 g/mol. The largest absolute Gasteiger partial charge is 0.480 e. The molecule has 0 aromatic rings. The summed E-state index contributed by atoms with van der Waals surface area (Å²) in [7, 11) is 1.62. The standard InChI is InChI=1S/C10H19NO4/c1-14-5-3-11(7-10(12)13)6-9-2-4-15-8-9/h9H,2-8H2,1H3,(H,12,13). The fraction of sp³-hybridized carbons (Fsp3) is 0.900. The highest BCUT2D eigenvalue weighted by molar-refractivity contribution is 5.69. The van der Waals surface area contributed by atoms with Gasteiger partial charge in [-0.1, -0.05) is 0 Å². The fourth-order valence-corrected chi connectivity index (χ4v) is 1.74. The highest BCUT2D eigenvalue weighted by atomic mass is 16.5. The minimum atomic E-state index is -0.787. The van der Waals surface area contributed by atoms with Gasteiger partial charge in [-0.2, -0.15) is 0 Å². The summed E-state index contributed by atoms with van der Waals surface area (Å²) in [6.45, 7) is 3.66. The Hall–Kier alpha value is -0.650. The van der Waals surface area contributed by atoms with E-state index in [0.29, 0.717) is 19.1 Å². The summed E-state index contributed by atoms with van der Waals surface area (Å²) in [5.41, 5.74) is 0. The second-order valence-corrected chi connectivity index (χ2v) is 3.85. The van der Waals surface area contributed by atoms with Crippen molar-refractivity contribution in [2.75, 3.05) is 46.6 Å². The van der Waals surface area contributed by atoms with Gasteiger partial charge in [0.2, 0.25) is 0 Å². The summed E-state index contributed by atoms with van der Waals surface area (Å²) < 4.78 is 10.2. The van der Waals surface area contributed by atoms with Gasteiger partial charge >= 0.3 is 5.97 Å². The van der Waals surface area contributed by atoms with Crippen molar-refractivity contribution in [1.82, 2.24) is 4.90 Å². The molecule has 1 heterocycles. The summed E-state index contributed by atoms with van der Waals surface area (Å²) in [4.78, 5) is 12.5. The molecular formula is C10H19NO4. The second kappa shape index (κ2) is 6.76. The van der Waals surface area contributed by atoms with Crippen LogP contribution in [-0.4, -0.2) is 62.5 Å². The highest BCUT2D eigenvalue weighted by Crippen LogP contribution is 2.13. The van der Waals surface area contributed by atoms with Crippen molar-refractivity contribution in [3.63, 3.8) is 0 Å². The number of hydrogen-bond donors (Lipinski definition) is 1. The van der Waals surface area contributed by atoms with E-state index in [2.05, 4.69) is 0 Å². The van der Waals surface area contributed by atoms with Crippen molar-refractivity contribution in [2.45, 2.75) is 6.42 Å². The van der Waals surface area contributed by atoms with Gasteiger partial charge in [-0.05, 0) is 12.3 Å². The highest BCUT2D eigenvalue weighted by Gasteiger charge is 2.20. The molecule has 0 spiro atoms. The molecule has 0 bridgehead atoms. The number of carboxylic acids is 1. The molecule has 88 valence electrons. The normalized spacial score (nSPS) is 21.1. The average molecular weight is 217 g/mol. The Morgan fingerprint density at radius 1 is 1.67 bits per heavy atom. The van der Waals surface area contributed by atoms with Crippen LogP contribution in [-0.2, 0) is 14.3 Å². The van der Waals surface area contributed by atoms with Gasteiger partial charge in [-0.3, -0.25) is 9.69 Å². The minimum absolute atomic E-state index is 0.0832. The zero-order chi connectivity index (χ0) is 11.1. The van der Waals surface area contributed by atoms with E-state index in [9.17, 15) is 4.79 Å². The van der Waals surface area contributed by atoms with E-state index < -0.39 is 5.97 Å². The maximum atomic E-state index is 10.6. The Bertz CT molecular complexity index is 192. The fourth-order valence-electron chi connectivity index (χ4n) is 1.74. The molecule has 0 saturated carbocycles. The molecule has 0 radical (unpaired) electrons. The maximum Gasteiger partial charge on any atom is 0.317 e. The van der Waals surface area contributed by atoms with Crippen LogP contribution in [0.15, 0.2) is 0 Å². The first-order valence-electron chi connectivity index (χ1n) is 5.23. The van der Waals surface area contributed by atoms with Crippen LogP contribution in [0.1, 0.15) is 6.42 Å². The van der Waals surface area contributed by atoms with Gasteiger partial charge in [0.15, 0.2) is 0 Å². The number of methoxy groups -OCH3 is 1. The molecule has 1 atom stereocenters. The van der Waals surface area contributed by atoms with Gasteiger partial charge in [0.05, 0.1) is 19.8 Å². The van der Waals surface area contributed by atoms with Crippen LogP contribution in [0.25, 0.3) is 0 Å². The van der Waals surface area contributed by atoms with Crippen LogP contribution >= 0.6 is 0 Å². The molecule has 5 nitrogen and oxygen atoms in total. The number of rotatable bonds is 7. The molecule has 1 aliphatic rings. The van der Waals surface area contributed by atoms with E-state index in [4.69, 9.17) is 14.6 Å². The Balaban J connectivity index is 2.29. The Morgan fingerprint density at radius 3 is 3.00 bits per heavy atom. The molecule has 1 rings (SSSR count). The molecule has 1 fully saturated rings. The quantitative estimate of drug-likeness (QED) is 0.653. The summed E-state index contributed by atoms with van der Waals surface area (Å²) in [5.74, 6) is -0.314. The van der Waals surface area contributed by atoms with Gasteiger partial charge in [-0.25, -0.2) is 0 Å². The summed E-state index contributed by atoms with van der Waals surface area (Å²) >= 11 is 0. The molecule has 15 heavy (non-hydrogen) atoms. The Labute approximate surface area is 90.0 Å². The van der Waals surface area contributed by atoms with Crippen LogP contribution in [0.3, 0.4) is 0 Å². The number of hydrogen-bond acceptors (Lipinski definition) is 4. The predicted octanol–water partition coefficient (Wildman–Crippen LogP) is 0.0559. The molecule has 5 heteroatoms. The van der Waals surface area contributed by atoms with E-state index in [0.717, 1.165) is 26.2 Å². The van der Waals surface area contributed by atoms with Crippen molar-refractivity contribution < 1.29 is 19.4 Å². The molecule has 0 aromatic heterocycles. The van der Waals surface area contributed by atoms with E-state index in [-0.39, 0.29) is 6.54 Å². The zero-order valence-electron chi connectivity index (χ0n) is 9.15. The van der Waals surface area contributed by atoms with Crippen LogP contribution < -0.4 is 0 Å². The first kappa shape index (κ1) is 12.4. The third-order valence-corrected chi connectivity index (χ3v) is 2.51. The van der Waals surface area contributed by atoms with E-state index in [1.165, 1.54) is 0 Å². The lowest BCUT2D eigenvalue weighted by atomic mass is 10.1. The summed E-state index contributed by atoms with van der Waals surface area (Å²) in [6.07, 6.45) is 1.03. The van der Waals surface area contributed by atoms with Crippen LogP contribution in [0, 0.1) is 5.92 Å². The number of carbonyl (C=O) groups is 1. The lowest BCUT2D eigenvalue weighted by Crippen LogP contribution is -2.36. The minimum Gasteiger partial charge on any atom is -0.480 e. The number of carboxylic acid groups (broad SMARTS) is 1. The van der Waals surface area contributed by atoms with E-state index >= 15 is 0 Å². The van der Waals surface area contributed by atoms with Gasteiger partial charge in [0, 0.05) is 26.8 Å². The van der Waals surface area contributed by atoms with E-state index in [1.807, 2.05) is 4.90 Å². The number of nitrogens with zero attached hydrogens (tertiary/aromatic N) is 1. The summed E-state index contributed by atoms with van der Waals surface area (Å²) in [5, 5.41) is 8.74. The van der Waals surface area contributed by atoms with Gasteiger partial charge in [0.1, 0.15) is 0 Å². The first-order valence-corrected chi connectivity index (χ1v) is 5.23. The third-order valence-electron chi connectivity index (χ3n) is 2.51. The van der Waals surface area contributed by atoms with Crippen LogP contribution in [0.2, 0.25) is 0 Å². The van der Waals surface area contributed by atoms with Crippen molar-refractivity contribution in [2.24, 2.45) is 5.92 Å². The van der Waals surface area contributed by atoms with Crippen molar-refractivity contribution >= 4 is 5.97 Å². The van der Waals surface area contributed by atoms with Crippen LogP contribution in [0.5, 0.6) is 0 Å². The second-order valence-electron chi connectivity index (χ2n) is 3.85. The first-order chi connectivity index (χ1) is 7.22. The lowest BCUT2D eigenvalue weighted by Gasteiger charge is -2.22.